The van der Waals surface area contributed by atoms with E-state index in [0.717, 1.165) is 27.5 Å². The number of benzene rings is 1. The van der Waals surface area contributed by atoms with Crippen molar-refractivity contribution in [3.63, 3.8) is 0 Å². The van der Waals surface area contributed by atoms with Gasteiger partial charge in [-0.15, -0.1) is 11.3 Å². The van der Waals surface area contributed by atoms with E-state index in [2.05, 4.69) is 9.97 Å². The number of nitrogens with zero attached hydrogens (tertiary/aromatic N) is 1. The van der Waals surface area contributed by atoms with Crippen molar-refractivity contribution in [1.82, 2.24) is 9.97 Å². The summed E-state index contributed by atoms with van der Waals surface area (Å²) in [4.78, 5) is 20.5. The van der Waals surface area contributed by atoms with Crippen molar-refractivity contribution < 1.29 is 4.74 Å². The van der Waals surface area contributed by atoms with Crippen LogP contribution in [0.4, 0.5) is 0 Å². The average Bonchev–Trinajstić information content (AvgIpc) is 2.92. The van der Waals surface area contributed by atoms with E-state index in [1.807, 2.05) is 36.6 Å². The van der Waals surface area contributed by atoms with Gasteiger partial charge in [-0.05, 0) is 23.4 Å². The smallest absolute Gasteiger partial charge is 0.260 e. The molecule has 0 amide bonds. The third kappa shape index (κ3) is 2.69. The molecular weight excluding hydrogens is 304 g/mol. The highest BCUT2D eigenvalue weighted by atomic mass is 32.2. The summed E-state index contributed by atoms with van der Waals surface area (Å²) in [6.45, 7) is 2.03. The predicted molar refractivity (Wildman–Crippen MR) is 88.6 cm³/mol. The summed E-state index contributed by atoms with van der Waals surface area (Å²) in [7, 11) is 1.64. The molecule has 4 nitrogen and oxygen atoms in total. The fourth-order valence-corrected chi connectivity index (χ4v) is 3.72. The summed E-state index contributed by atoms with van der Waals surface area (Å²) in [5, 5.41) is 3.32. The van der Waals surface area contributed by atoms with Crippen LogP contribution in [-0.2, 0) is 0 Å². The van der Waals surface area contributed by atoms with Crippen LogP contribution in [-0.4, -0.2) is 22.8 Å². The Morgan fingerprint density at radius 2 is 2.10 bits per heavy atom. The number of aromatic nitrogens is 2. The third-order valence-corrected chi connectivity index (χ3v) is 4.73. The van der Waals surface area contributed by atoms with Gasteiger partial charge in [0.15, 0.2) is 5.16 Å². The van der Waals surface area contributed by atoms with Crippen LogP contribution < -0.4 is 10.3 Å². The van der Waals surface area contributed by atoms with E-state index in [4.69, 9.17) is 4.74 Å². The largest absolute Gasteiger partial charge is 0.497 e. The van der Waals surface area contributed by atoms with Crippen LogP contribution in [0, 0.1) is 0 Å². The topological polar surface area (TPSA) is 55.0 Å². The van der Waals surface area contributed by atoms with Crippen LogP contribution in [0.5, 0.6) is 5.75 Å². The molecular formula is C15H14N2O2S2. The maximum absolute atomic E-state index is 12.3. The lowest BCUT2D eigenvalue weighted by atomic mass is 10.1. The number of nitrogens with one attached hydrogen (secondary N) is 1. The van der Waals surface area contributed by atoms with E-state index in [1.165, 1.54) is 23.1 Å². The van der Waals surface area contributed by atoms with Gasteiger partial charge in [0, 0.05) is 10.9 Å². The number of rotatable bonds is 4. The number of fused-ring (bicyclic) bond motifs is 1. The molecule has 0 spiro atoms. The van der Waals surface area contributed by atoms with Gasteiger partial charge in [0.2, 0.25) is 0 Å². The van der Waals surface area contributed by atoms with Crippen molar-refractivity contribution in [2.45, 2.75) is 12.1 Å². The second-order valence-corrected chi connectivity index (χ2v) is 6.47. The lowest BCUT2D eigenvalue weighted by molar-refractivity contribution is 0.415. The Balaban J connectivity index is 2.13. The Labute approximate surface area is 130 Å². The molecule has 0 atom stereocenters. The minimum absolute atomic E-state index is 0.0805. The number of methoxy groups -OCH3 is 1. The van der Waals surface area contributed by atoms with Crippen LogP contribution in [0.25, 0.3) is 21.3 Å². The predicted octanol–water partition coefficient (Wildman–Crippen LogP) is 3.77. The van der Waals surface area contributed by atoms with E-state index in [1.54, 1.807) is 7.11 Å². The summed E-state index contributed by atoms with van der Waals surface area (Å²) >= 11 is 3.03. The van der Waals surface area contributed by atoms with Crippen molar-refractivity contribution in [3.8, 4) is 16.9 Å². The Kier molecular flexibility index (Phi) is 3.98. The van der Waals surface area contributed by atoms with Gasteiger partial charge >= 0.3 is 0 Å². The molecule has 21 heavy (non-hydrogen) atoms. The van der Waals surface area contributed by atoms with Gasteiger partial charge in [-0.25, -0.2) is 4.98 Å². The summed E-state index contributed by atoms with van der Waals surface area (Å²) in [5.74, 6) is 1.68. The molecule has 108 valence electrons. The van der Waals surface area contributed by atoms with Crippen molar-refractivity contribution in [3.05, 3.63) is 40.0 Å². The molecule has 3 aromatic rings. The fraction of sp³-hybridized carbons (Fsp3) is 0.200. The van der Waals surface area contributed by atoms with E-state index in [-0.39, 0.29) is 5.56 Å². The SMILES string of the molecule is CCSc1nc2scc(-c3ccc(OC)cc3)c2c(=O)[nH]1. The molecule has 0 saturated heterocycles. The van der Waals surface area contributed by atoms with E-state index >= 15 is 0 Å². The van der Waals surface area contributed by atoms with Crippen LogP contribution in [0.2, 0.25) is 0 Å². The van der Waals surface area contributed by atoms with Crippen LogP contribution in [0.3, 0.4) is 0 Å². The quantitative estimate of drug-likeness (QED) is 0.587. The highest BCUT2D eigenvalue weighted by Gasteiger charge is 2.13. The Hall–Kier alpha value is -1.79. The van der Waals surface area contributed by atoms with E-state index in [9.17, 15) is 4.79 Å². The molecule has 0 fully saturated rings. The van der Waals surface area contributed by atoms with E-state index in [0.29, 0.717) is 10.5 Å². The zero-order valence-electron chi connectivity index (χ0n) is 11.7. The second-order valence-electron chi connectivity index (χ2n) is 4.36. The standard InChI is InChI=1S/C15H14N2O2S2/c1-3-20-15-16-13(18)12-11(8-21-14(12)17-15)9-4-6-10(19-2)7-5-9/h4-8H,3H2,1-2H3,(H,16,17,18). The first-order valence-corrected chi connectivity index (χ1v) is 8.38. The lowest BCUT2D eigenvalue weighted by Gasteiger charge is -2.03. The van der Waals surface area contributed by atoms with Gasteiger partial charge < -0.3 is 9.72 Å². The molecule has 0 unspecified atom stereocenters. The minimum atomic E-state index is -0.0805. The van der Waals surface area contributed by atoms with Gasteiger partial charge in [0.1, 0.15) is 10.6 Å². The highest BCUT2D eigenvalue weighted by Crippen LogP contribution is 2.32. The number of thiophene rings is 1. The Morgan fingerprint density at radius 3 is 2.76 bits per heavy atom. The number of ether oxygens (including phenoxy) is 1. The Morgan fingerprint density at radius 1 is 1.33 bits per heavy atom. The minimum Gasteiger partial charge on any atom is -0.497 e. The molecule has 1 aromatic carbocycles. The van der Waals surface area contributed by atoms with Crippen LogP contribution in [0.1, 0.15) is 6.92 Å². The van der Waals surface area contributed by atoms with Gasteiger partial charge in [0.25, 0.3) is 5.56 Å². The molecule has 0 aliphatic rings. The molecule has 0 saturated carbocycles. The van der Waals surface area contributed by atoms with Crippen molar-refractivity contribution in [1.29, 1.82) is 0 Å². The zero-order chi connectivity index (χ0) is 14.8. The van der Waals surface area contributed by atoms with E-state index < -0.39 is 0 Å². The first-order chi connectivity index (χ1) is 10.2. The number of thioether (sulfide) groups is 1. The number of aromatic amines is 1. The molecule has 0 aliphatic carbocycles. The molecule has 6 heteroatoms. The average molecular weight is 318 g/mol. The molecule has 0 radical (unpaired) electrons. The van der Waals surface area contributed by atoms with Crippen LogP contribution >= 0.6 is 23.1 Å². The fourth-order valence-electron chi connectivity index (χ4n) is 2.12. The zero-order valence-corrected chi connectivity index (χ0v) is 13.3. The third-order valence-electron chi connectivity index (χ3n) is 3.10. The van der Waals surface area contributed by atoms with Crippen molar-refractivity contribution >= 4 is 33.3 Å². The van der Waals surface area contributed by atoms with Crippen molar-refractivity contribution in [2.75, 3.05) is 12.9 Å². The Bertz CT molecular complexity index is 822. The molecule has 1 N–H and O–H groups in total. The summed E-state index contributed by atoms with van der Waals surface area (Å²) < 4.78 is 5.16. The molecule has 0 aliphatic heterocycles. The second kappa shape index (κ2) is 5.91. The number of hydrogen-bond donors (Lipinski definition) is 1. The van der Waals surface area contributed by atoms with Gasteiger partial charge in [-0.2, -0.15) is 0 Å². The lowest BCUT2D eigenvalue weighted by Crippen LogP contribution is -2.08. The molecule has 0 bridgehead atoms. The highest BCUT2D eigenvalue weighted by molar-refractivity contribution is 7.99. The summed E-state index contributed by atoms with van der Waals surface area (Å²) in [5.41, 5.74) is 1.83. The number of H-pyrrole nitrogens is 1. The first-order valence-electron chi connectivity index (χ1n) is 6.51. The molecule has 3 rings (SSSR count). The normalized spacial score (nSPS) is 11.0. The van der Waals surface area contributed by atoms with Gasteiger partial charge in [-0.1, -0.05) is 30.8 Å². The molecule has 2 aromatic heterocycles. The van der Waals surface area contributed by atoms with Gasteiger partial charge in [0.05, 0.1) is 12.5 Å². The van der Waals surface area contributed by atoms with Crippen LogP contribution in [0.15, 0.2) is 39.6 Å². The van der Waals surface area contributed by atoms with Gasteiger partial charge in [-0.3, -0.25) is 4.79 Å². The monoisotopic (exact) mass is 318 g/mol. The summed E-state index contributed by atoms with van der Waals surface area (Å²) in [6, 6.07) is 7.69. The van der Waals surface area contributed by atoms with Crippen molar-refractivity contribution in [2.24, 2.45) is 0 Å². The first kappa shape index (κ1) is 14.2. The number of hydrogen-bond acceptors (Lipinski definition) is 5. The summed E-state index contributed by atoms with van der Waals surface area (Å²) in [6.07, 6.45) is 0. The maximum Gasteiger partial charge on any atom is 0.260 e. The maximum atomic E-state index is 12.3. The molecule has 2 heterocycles.